The predicted octanol–water partition coefficient (Wildman–Crippen LogP) is 2.78. The van der Waals surface area contributed by atoms with Crippen LogP contribution in [-0.2, 0) is 11.2 Å². The average molecular weight is 295 g/mol. The summed E-state index contributed by atoms with van der Waals surface area (Å²) in [5.41, 5.74) is 2.60. The van der Waals surface area contributed by atoms with Gasteiger partial charge in [0.25, 0.3) is 0 Å². The number of rotatable bonds is 2. The number of hydrogen-bond acceptors (Lipinski definition) is 2. The molecule has 0 saturated carbocycles. The molecule has 4 rings (SSSR count). The van der Waals surface area contributed by atoms with E-state index in [0.29, 0.717) is 11.9 Å². The van der Waals surface area contributed by atoms with Gasteiger partial charge in [0.05, 0.1) is 18.3 Å². The molecule has 2 aromatic rings. The van der Waals surface area contributed by atoms with Gasteiger partial charge in [0.15, 0.2) is 0 Å². The second-order valence-corrected chi connectivity index (χ2v) is 6.38. The van der Waals surface area contributed by atoms with E-state index in [9.17, 15) is 4.79 Å². The second-order valence-electron chi connectivity index (χ2n) is 6.38. The summed E-state index contributed by atoms with van der Waals surface area (Å²) < 4.78 is 2.14. The summed E-state index contributed by atoms with van der Waals surface area (Å²) in [6.07, 6.45) is 9.88. The van der Waals surface area contributed by atoms with Crippen LogP contribution in [0.5, 0.6) is 0 Å². The van der Waals surface area contributed by atoms with Crippen molar-refractivity contribution in [1.29, 1.82) is 0 Å². The smallest absolute Gasteiger partial charge is 0.230 e. The standard InChI is InChI=1S/C18H21N3O/c22-18(17-8-7-14-4-1-2-6-16(14)17)20-10-3-5-15(12-20)21-11-9-19-13-21/h1-2,4,6,9,11,13,15,17H,3,5,7-8,10,12H2/t15-,17-/m0/s1. The zero-order chi connectivity index (χ0) is 14.9. The highest BCUT2D eigenvalue weighted by atomic mass is 16.2. The van der Waals surface area contributed by atoms with Crippen LogP contribution in [0.1, 0.15) is 42.3 Å². The van der Waals surface area contributed by atoms with Gasteiger partial charge < -0.3 is 9.47 Å². The molecule has 4 nitrogen and oxygen atoms in total. The van der Waals surface area contributed by atoms with Crippen LogP contribution in [0, 0.1) is 0 Å². The van der Waals surface area contributed by atoms with Gasteiger partial charge in [-0.2, -0.15) is 0 Å². The average Bonchev–Trinajstić information content (AvgIpc) is 3.24. The van der Waals surface area contributed by atoms with Crippen molar-refractivity contribution >= 4 is 5.91 Å². The molecule has 0 N–H and O–H groups in total. The predicted molar refractivity (Wildman–Crippen MR) is 84.6 cm³/mol. The van der Waals surface area contributed by atoms with Gasteiger partial charge in [-0.3, -0.25) is 4.79 Å². The number of carbonyl (C=O) groups excluding carboxylic acids is 1. The van der Waals surface area contributed by atoms with Crippen LogP contribution in [0.3, 0.4) is 0 Å². The zero-order valence-corrected chi connectivity index (χ0v) is 12.7. The molecule has 1 fully saturated rings. The first-order valence-electron chi connectivity index (χ1n) is 8.17. The normalized spacial score (nSPS) is 24.3. The fraction of sp³-hybridized carbons (Fsp3) is 0.444. The number of benzene rings is 1. The van der Waals surface area contributed by atoms with Crippen molar-refractivity contribution in [2.75, 3.05) is 13.1 Å². The van der Waals surface area contributed by atoms with Crippen molar-refractivity contribution in [1.82, 2.24) is 14.5 Å². The van der Waals surface area contributed by atoms with E-state index in [2.05, 4.69) is 38.7 Å². The molecule has 0 radical (unpaired) electrons. The summed E-state index contributed by atoms with van der Waals surface area (Å²) in [4.78, 5) is 19.2. The molecule has 114 valence electrons. The first-order valence-corrected chi connectivity index (χ1v) is 8.17. The zero-order valence-electron chi connectivity index (χ0n) is 12.7. The number of piperidine rings is 1. The highest BCUT2D eigenvalue weighted by Gasteiger charge is 2.33. The third-order valence-corrected chi connectivity index (χ3v) is 5.09. The molecule has 1 aliphatic heterocycles. The third-order valence-electron chi connectivity index (χ3n) is 5.09. The monoisotopic (exact) mass is 295 g/mol. The molecule has 2 heterocycles. The number of likely N-dealkylation sites (tertiary alicyclic amines) is 1. The summed E-state index contributed by atoms with van der Waals surface area (Å²) in [5, 5.41) is 0. The van der Waals surface area contributed by atoms with Crippen LogP contribution < -0.4 is 0 Å². The molecular formula is C18H21N3O. The number of carbonyl (C=O) groups is 1. The molecule has 1 aliphatic carbocycles. The first kappa shape index (κ1) is 13.6. The van der Waals surface area contributed by atoms with Crippen LogP contribution in [0.2, 0.25) is 0 Å². The van der Waals surface area contributed by atoms with E-state index in [1.165, 1.54) is 11.1 Å². The molecular weight excluding hydrogens is 274 g/mol. The van der Waals surface area contributed by atoms with Crippen molar-refractivity contribution < 1.29 is 4.79 Å². The SMILES string of the molecule is O=C([C@H]1CCc2ccccc21)N1CCC[C@H](n2ccnc2)C1. The number of imidazole rings is 1. The van der Waals surface area contributed by atoms with Gasteiger partial charge in [-0.1, -0.05) is 24.3 Å². The summed E-state index contributed by atoms with van der Waals surface area (Å²) in [7, 11) is 0. The Morgan fingerprint density at radius 1 is 1.23 bits per heavy atom. The molecule has 2 atom stereocenters. The Hall–Kier alpha value is -2.10. The minimum atomic E-state index is 0.0673. The Balaban J connectivity index is 1.51. The van der Waals surface area contributed by atoms with E-state index in [4.69, 9.17) is 0 Å². The Kier molecular flexibility index (Phi) is 3.45. The number of aryl methyl sites for hydroxylation is 1. The molecule has 0 unspecified atom stereocenters. The lowest BCUT2D eigenvalue weighted by atomic mass is 9.97. The Morgan fingerprint density at radius 2 is 2.14 bits per heavy atom. The summed E-state index contributed by atoms with van der Waals surface area (Å²) >= 11 is 0. The van der Waals surface area contributed by atoms with Gasteiger partial charge in [0.2, 0.25) is 5.91 Å². The first-order chi connectivity index (χ1) is 10.8. The van der Waals surface area contributed by atoms with Crippen molar-refractivity contribution in [3.8, 4) is 0 Å². The largest absolute Gasteiger partial charge is 0.340 e. The fourth-order valence-corrected chi connectivity index (χ4v) is 3.92. The maximum absolute atomic E-state index is 13.0. The van der Waals surface area contributed by atoms with E-state index in [1.807, 2.05) is 18.7 Å². The van der Waals surface area contributed by atoms with Gasteiger partial charge in [0, 0.05) is 25.5 Å². The molecule has 1 aromatic carbocycles. The van der Waals surface area contributed by atoms with Gasteiger partial charge in [-0.05, 0) is 36.8 Å². The minimum Gasteiger partial charge on any atom is -0.340 e. The molecule has 4 heteroatoms. The molecule has 1 amide bonds. The van der Waals surface area contributed by atoms with Gasteiger partial charge in [0.1, 0.15) is 0 Å². The molecule has 0 bridgehead atoms. The lowest BCUT2D eigenvalue weighted by Crippen LogP contribution is -2.42. The van der Waals surface area contributed by atoms with E-state index in [1.54, 1.807) is 0 Å². The Bertz CT molecular complexity index is 665. The van der Waals surface area contributed by atoms with Gasteiger partial charge >= 0.3 is 0 Å². The van der Waals surface area contributed by atoms with E-state index in [-0.39, 0.29) is 5.92 Å². The number of aromatic nitrogens is 2. The summed E-state index contributed by atoms with van der Waals surface area (Å²) in [6.45, 7) is 1.70. The maximum Gasteiger partial charge on any atom is 0.230 e. The van der Waals surface area contributed by atoms with Crippen LogP contribution in [0.4, 0.5) is 0 Å². The molecule has 1 aromatic heterocycles. The van der Waals surface area contributed by atoms with Gasteiger partial charge in [-0.15, -0.1) is 0 Å². The third kappa shape index (κ3) is 2.32. The van der Waals surface area contributed by atoms with Crippen LogP contribution in [0.25, 0.3) is 0 Å². The Morgan fingerprint density at radius 3 is 3.00 bits per heavy atom. The second kappa shape index (κ2) is 5.59. The number of amides is 1. The highest BCUT2D eigenvalue weighted by Crippen LogP contribution is 2.35. The lowest BCUT2D eigenvalue weighted by molar-refractivity contribution is -0.134. The maximum atomic E-state index is 13.0. The van der Waals surface area contributed by atoms with Crippen molar-refractivity contribution in [2.24, 2.45) is 0 Å². The topological polar surface area (TPSA) is 38.1 Å². The van der Waals surface area contributed by atoms with Crippen LogP contribution in [-0.4, -0.2) is 33.4 Å². The fourth-order valence-electron chi connectivity index (χ4n) is 3.92. The van der Waals surface area contributed by atoms with Crippen molar-refractivity contribution in [3.05, 3.63) is 54.1 Å². The van der Waals surface area contributed by atoms with Crippen molar-refractivity contribution in [3.63, 3.8) is 0 Å². The quantitative estimate of drug-likeness (QED) is 0.854. The lowest BCUT2D eigenvalue weighted by Gasteiger charge is -2.35. The summed E-state index contributed by atoms with van der Waals surface area (Å²) in [6, 6.07) is 8.78. The number of nitrogens with zero attached hydrogens (tertiary/aromatic N) is 3. The van der Waals surface area contributed by atoms with E-state index < -0.39 is 0 Å². The van der Waals surface area contributed by atoms with Crippen molar-refractivity contribution in [2.45, 2.75) is 37.6 Å². The number of hydrogen-bond donors (Lipinski definition) is 0. The highest BCUT2D eigenvalue weighted by molar-refractivity contribution is 5.85. The molecule has 1 saturated heterocycles. The van der Waals surface area contributed by atoms with Crippen LogP contribution in [0.15, 0.2) is 43.0 Å². The number of fused-ring (bicyclic) bond motifs is 1. The van der Waals surface area contributed by atoms with E-state index in [0.717, 1.165) is 38.8 Å². The summed E-state index contributed by atoms with van der Waals surface area (Å²) in [5.74, 6) is 0.382. The molecule has 2 aliphatic rings. The Labute approximate surface area is 130 Å². The molecule has 0 spiro atoms. The minimum absolute atomic E-state index is 0.0673. The van der Waals surface area contributed by atoms with Gasteiger partial charge in [-0.25, -0.2) is 4.98 Å². The van der Waals surface area contributed by atoms with Crippen LogP contribution >= 0.6 is 0 Å². The van der Waals surface area contributed by atoms with E-state index >= 15 is 0 Å². The molecule has 22 heavy (non-hydrogen) atoms.